The maximum Gasteiger partial charge on any atom is 0.217 e. The Morgan fingerprint density at radius 2 is 1.47 bits per heavy atom. The number of carbonyl (C=O) groups excluding carboxylic acids is 1. The van der Waals surface area contributed by atoms with E-state index in [0.717, 1.165) is 6.42 Å². The van der Waals surface area contributed by atoms with Crippen LogP contribution >= 0.6 is 0 Å². The number of allylic oxidation sites excluding steroid dienone is 1. The summed E-state index contributed by atoms with van der Waals surface area (Å²) in [6.07, 6.45) is 16.2. The maximum absolute atomic E-state index is 12.1. The van der Waals surface area contributed by atoms with E-state index in [-0.39, 0.29) is 29.3 Å². The fraction of sp³-hybridized carbons (Fsp3) is 0.483. The SMILES string of the molecule is CCCCCCCCCCCCc1ccc(OC(O)C=CCC(=O)c2ccc(O)c(O)c2)cc1. The molecule has 0 saturated heterocycles. The molecule has 0 radical (unpaired) electrons. The van der Waals surface area contributed by atoms with Crippen molar-refractivity contribution in [1.29, 1.82) is 0 Å². The van der Waals surface area contributed by atoms with Crippen molar-refractivity contribution in [1.82, 2.24) is 0 Å². The first-order chi connectivity index (χ1) is 16.5. The molecule has 1 unspecified atom stereocenters. The molecule has 1 atom stereocenters. The molecule has 2 rings (SSSR count). The Morgan fingerprint density at radius 1 is 0.853 bits per heavy atom. The first-order valence-corrected chi connectivity index (χ1v) is 12.6. The number of phenolic OH excluding ortho intramolecular Hbond substituents is 2. The van der Waals surface area contributed by atoms with Gasteiger partial charge >= 0.3 is 0 Å². The molecule has 0 aromatic heterocycles. The molecule has 0 aliphatic carbocycles. The average molecular weight is 469 g/mol. The highest BCUT2D eigenvalue weighted by molar-refractivity contribution is 5.97. The number of aromatic hydroxyl groups is 2. The van der Waals surface area contributed by atoms with E-state index in [4.69, 9.17) is 4.74 Å². The van der Waals surface area contributed by atoms with Gasteiger partial charge in [0.05, 0.1) is 0 Å². The fourth-order valence-electron chi connectivity index (χ4n) is 3.84. The standard InChI is InChI=1S/C29H40O5/c1-2-3-4-5-6-7-8-9-10-11-13-23-16-19-25(20-17-23)34-29(33)15-12-14-26(30)24-18-21-27(31)28(32)22-24/h12,15-22,29,31-33H,2-11,13-14H2,1H3. The van der Waals surface area contributed by atoms with E-state index in [2.05, 4.69) is 6.92 Å². The van der Waals surface area contributed by atoms with Crippen LogP contribution in [0.2, 0.25) is 0 Å². The molecule has 2 aromatic rings. The van der Waals surface area contributed by atoms with E-state index >= 15 is 0 Å². The Balaban J connectivity index is 1.61. The lowest BCUT2D eigenvalue weighted by atomic mass is 10.0. The number of ether oxygens (including phenoxy) is 1. The highest BCUT2D eigenvalue weighted by atomic mass is 16.6. The lowest BCUT2D eigenvalue weighted by Gasteiger charge is -2.10. The molecule has 2 aromatic carbocycles. The number of carbonyl (C=O) groups is 1. The van der Waals surface area contributed by atoms with Gasteiger partial charge in [0.25, 0.3) is 0 Å². The van der Waals surface area contributed by atoms with Gasteiger partial charge in [-0.15, -0.1) is 0 Å². The summed E-state index contributed by atoms with van der Waals surface area (Å²) in [7, 11) is 0. The van der Waals surface area contributed by atoms with E-state index in [1.54, 1.807) is 0 Å². The van der Waals surface area contributed by atoms with Crippen molar-refractivity contribution in [3.05, 3.63) is 65.7 Å². The highest BCUT2D eigenvalue weighted by Crippen LogP contribution is 2.25. The highest BCUT2D eigenvalue weighted by Gasteiger charge is 2.08. The molecular formula is C29H40O5. The van der Waals surface area contributed by atoms with Gasteiger partial charge in [0.15, 0.2) is 17.3 Å². The molecule has 0 heterocycles. The molecule has 34 heavy (non-hydrogen) atoms. The van der Waals surface area contributed by atoms with E-state index in [1.807, 2.05) is 24.3 Å². The van der Waals surface area contributed by atoms with Crippen LogP contribution < -0.4 is 4.74 Å². The number of ketones is 1. The smallest absolute Gasteiger partial charge is 0.217 e. The summed E-state index contributed by atoms with van der Waals surface area (Å²) < 4.78 is 5.48. The maximum atomic E-state index is 12.1. The molecule has 3 N–H and O–H groups in total. The Hall–Kier alpha value is -2.79. The van der Waals surface area contributed by atoms with Gasteiger partial charge in [-0.2, -0.15) is 0 Å². The van der Waals surface area contributed by atoms with Gasteiger partial charge in [0.1, 0.15) is 5.75 Å². The van der Waals surface area contributed by atoms with Gasteiger partial charge < -0.3 is 20.1 Å². The molecule has 0 spiro atoms. The second-order valence-electron chi connectivity index (χ2n) is 8.84. The number of hydrogen-bond donors (Lipinski definition) is 3. The third-order valence-corrected chi connectivity index (χ3v) is 5.90. The lowest BCUT2D eigenvalue weighted by molar-refractivity contribution is 0.0246. The number of hydrogen-bond acceptors (Lipinski definition) is 5. The molecule has 0 aliphatic heterocycles. The monoisotopic (exact) mass is 468 g/mol. The van der Waals surface area contributed by atoms with E-state index in [9.17, 15) is 20.1 Å². The Kier molecular flexibility index (Phi) is 12.9. The number of Topliss-reactive ketones (excluding diaryl/α,β-unsaturated/α-hetero) is 1. The minimum atomic E-state index is -1.16. The molecule has 0 amide bonds. The van der Waals surface area contributed by atoms with Crippen LogP contribution in [0.5, 0.6) is 17.2 Å². The van der Waals surface area contributed by atoms with Crippen LogP contribution in [0.15, 0.2) is 54.6 Å². The summed E-state index contributed by atoms with van der Waals surface area (Å²) in [5.74, 6) is -0.283. The zero-order chi connectivity index (χ0) is 24.6. The largest absolute Gasteiger partial charge is 0.504 e. The second kappa shape index (κ2) is 15.9. The second-order valence-corrected chi connectivity index (χ2v) is 8.84. The third-order valence-electron chi connectivity index (χ3n) is 5.90. The van der Waals surface area contributed by atoms with Gasteiger partial charge in [-0.3, -0.25) is 4.79 Å². The van der Waals surface area contributed by atoms with Crippen LogP contribution in [0.25, 0.3) is 0 Å². The quantitative estimate of drug-likeness (QED) is 0.0758. The first-order valence-electron chi connectivity index (χ1n) is 12.6. The zero-order valence-electron chi connectivity index (χ0n) is 20.4. The molecule has 0 saturated carbocycles. The van der Waals surface area contributed by atoms with E-state index in [0.29, 0.717) is 5.75 Å². The van der Waals surface area contributed by atoms with Crippen molar-refractivity contribution in [2.24, 2.45) is 0 Å². The van der Waals surface area contributed by atoms with Gasteiger partial charge in [-0.05, 0) is 54.8 Å². The normalized spacial score (nSPS) is 12.2. The minimum absolute atomic E-state index is 0.0441. The predicted molar refractivity (Wildman–Crippen MR) is 136 cm³/mol. The van der Waals surface area contributed by atoms with E-state index < -0.39 is 6.29 Å². The fourth-order valence-corrected chi connectivity index (χ4v) is 3.84. The van der Waals surface area contributed by atoms with Crippen molar-refractivity contribution >= 4 is 5.78 Å². The number of aryl methyl sites for hydroxylation is 1. The minimum Gasteiger partial charge on any atom is -0.504 e. The van der Waals surface area contributed by atoms with Crippen molar-refractivity contribution in [3.63, 3.8) is 0 Å². The van der Waals surface area contributed by atoms with Crippen molar-refractivity contribution in [2.45, 2.75) is 90.3 Å². The predicted octanol–water partition coefficient (Wildman–Crippen LogP) is 7.09. The van der Waals surface area contributed by atoms with Gasteiger partial charge in [-0.25, -0.2) is 0 Å². The lowest BCUT2D eigenvalue weighted by Crippen LogP contribution is -2.12. The van der Waals surface area contributed by atoms with Crippen molar-refractivity contribution in [3.8, 4) is 17.2 Å². The summed E-state index contributed by atoms with van der Waals surface area (Å²) in [5.41, 5.74) is 1.55. The van der Waals surface area contributed by atoms with Crippen molar-refractivity contribution in [2.75, 3.05) is 0 Å². The summed E-state index contributed by atoms with van der Waals surface area (Å²) in [6.45, 7) is 2.25. The molecule has 0 aliphatic rings. The molecule has 0 bridgehead atoms. The topological polar surface area (TPSA) is 87.0 Å². The first kappa shape index (κ1) is 27.5. The van der Waals surface area contributed by atoms with Crippen molar-refractivity contribution < 1.29 is 24.9 Å². The molecule has 0 fully saturated rings. The van der Waals surface area contributed by atoms with Gasteiger partial charge in [0, 0.05) is 12.0 Å². The number of aliphatic hydroxyl groups is 1. The average Bonchev–Trinajstić information content (AvgIpc) is 2.83. The summed E-state index contributed by atoms with van der Waals surface area (Å²) >= 11 is 0. The third kappa shape index (κ3) is 10.9. The number of unbranched alkanes of at least 4 members (excludes halogenated alkanes) is 9. The summed E-state index contributed by atoms with van der Waals surface area (Å²) in [4.78, 5) is 12.1. The number of benzene rings is 2. The Bertz CT molecular complexity index is 873. The zero-order valence-corrected chi connectivity index (χ0v) is 20.4. The van der Waals surface area contributed by atoms with Gasteiger partial charge in [0.2, 0.25) is 6.29 Å². The van der Waals surface area contributed by atoms with Crippen LogP contribution in [0.1, 0.15) is 93.5 Å². The number of aliphatic hydroxyl groups excluding tert-OH is 1. The van der Waals surface area contributed by atoms with Crippen LogP contribution in [-0.4, -0.2) is 27.4 Å². The molecular weight excluding hydrogens is 428 g/mol. The summed E-state index contributed by atoms with van der Waals surface area (Å²) in [5, 5.41) is 28.9. The number of rotatable bonds is 17. The van der Waals surface area contributed by atoms with E-state index in [1.165, 1.54) is 100 Å². The molecule has 5 nitrogen and oxygen atoms in total. The van der Waals surface area contributed by atoms with Gasteiger partial charge in [-0.1, -0.05) is 82.9 Å². The van der Waals surface area contributed by atoms with Crippen LogP contribution in [0.3, 0.4) is 0 Å². The summed E-state index contributed by atoms with van der Waals surface area (Å²) in [6, 6.07) is 11.7. The Labute approximate surface area is 204 Å². The van der Waals surface area contributed by atoms with Crippen LogP contribution in [0, 0.1) is 0 Å². The Morgan fingerprint density at radius 3 is 2.09 bits per heavy atom. The molecule has 5 heteroatoms. The van der Waals surface area contributed by atoms with Crippen LogP contribution in [0.4, 0.5) is 0 Å². The van der Waals surface area contributed by atoms with Crippen LogP contribution in [-0.2, 0) is 6.42 Å². The number of phenols is 2. The molecule has 186 valence electrons.